The highest BCUT2D eigenvalue weighted by Crippen LogP contribution is 2.43. The molecule has 47 heavy (non-hydrogen) atoms. The van der Waals surface area contributed by atoms with Crippen LogP contribution in [0.3, 0.4) is 0 Å². The molecule has 1 saturated carbocycles. The third kappa shape index (κ3) is 6.43. The Morgan fingerprint density at radius 2 is 1.47 bits per heavy atom. The van der Waals surface area contributed by atoms with Crippen LogP contribution in [0.25, 0.3) is 22.4 Å². The Balaban J connectivity index is 1.39. The Labute approximate surface area is 282 Å². The van der Waals surface area contributed by atoms with E-state index in [1.54, 1.807) is 0 Å². The normalized spacial score (nSPS) is 16.2. The van der Waals surface area contributed by atoms with Gasteiger partial charge in [0, 0.05) is 42.9 Å². The molecule has 1 aliphatic carbocycles. The van der Waals surface area contributed by atoms with Gasteiger partial charge in [0.2, 0.25) is 11.4 Å². The van der Waals surface area contributed by atoms with Crippen molar-refractivity contribution in [1.29, 1.82) is 0 Å². The van der Waals surface area contributed by atoms with Crippen LogP contribution in [0, 0.1) is 26.2 Å². The number of rotatable bonds is 8. The van der Waals surface area contributed by atoms with E-state index in [4.69, 9.17) is 4.74 Å². The number of benzene rings is 3. The van der Waals surface area contributed by atoms with Gasteiger partial charge in [0.25, 0.3) is 0 Å². The van der Waals surface area contributed by atoms with Crippen molar-refractivity contribution < 1.29 is 13.9 Å². The van der Waals surface area contributed by atoms with Gasteiger partial charge in [-0.2, -0.15) is 0 Å². The predicted octanol–water partition coefficient (Wildman–Crippen LogP) is 9.41. The SMILES string of the molecule is COC(Cc1cccc(-c2cc(-c3ccc(C4CCC(C)(C)CC4)cc3C)c(C)c[n+]2C)c1C)(c1ccccc1)c1cccc[n+]1C. The highest BCUT2D eigenvalue weighted by Gasteiger charge is 2.42. The molecule has 1 unspecified atom stereocenters. The average Bonchev–Trinajstić information content (AvgIpc) is 3.06. The summed E-state index contributed by atoms with van der Waals surface area (Å²) >= 11 is 0. The molecule has 1 aliphatic rings. The van der Waals surface area contributed by atoms with Gasteiger partial charge in [-0.1, -0.05) is 74.5 Å². The lowest BCUT2D eigenvalue weighted by molar-refractivity contribution is -0.685. The number of hydrogen-bond acceptors (Lipinski definition) is 1. The summed E-state index contributed by atoms with van der Waals surface area (Å²) in [5, 5.41) is 0. The largest absolute Gasteiger partial charge is 0.362 e. The Bertz CT molecular complexity index is 1880. The van der Waals surface area contributed by atoms with Crippen LogP contribution < -0.4 is 9.13 Å². The van der Waals surface area contributed by atoms with Crippen LogP contribution in [-0.4, -0.2) is 7.11 Å². The molecule has 3 aromatic carbocycles. The summed E-state index contributed by atoms with van der Waals surface area (Å²) in [4.78, 5) is 0. The first kappa shape index (κ1) is 32.8. The predicted molar refractivity (Wildman–Crippen MR) is 193 cm³/mol. The van der Waals surface area contributed by atoms with E-state index >= 15 is 0 Å². The minimum atomic E-state index is -0.645. The van der Waals surface area contributed by atoms with E-state index < -0.39 is 5.60 Å². The molecule has 1 fully saturated rings. The van der Waals surface area contributed by atoms with Crippen LogP contribution >= 0.6 is 0 Å². The number of ether oxygens (including phenoxy) is 1. The minimum absolute atomic E-state index is 0.486. The number of aryl methyl sites for hydroxylation is 4. The Morgan fingerprint density at radius 3 is 2.15 bits per heavy atom. The van der Waals surface area contributed by atoms with Crippen molar-refractivity contribution in [2.45, 2.75) is 78.2 Å². The maximum atomic E-state index is 6.56. The van der Waals surface area contributed by atoms with Gasteiger partial charge in [0.15, 0.2) is 18.0 Å². The van der Waals surface area contributed by atoms with Crippen LogP contribution in [0.2, 0.25) is 0 Å². The second-order valence-corrected chi connectivity index (χ2v) is 14.7. The molecule has 5 aromatic rings. The van der Waals surface area contributed by atoms with Gasteiger partial charge in [0.05, 0.1) is 0 Å². The molecule has 0 aliphatic heterocycles. The molecule has 242 valence electrons. The van der Waals surface area contributed by atoms with E-state index in [1.807, 2.05) is 7.11 Å². The van der Waals surface area contributed by atoms with Crippen LogP contribution in [0.1, 0.15) is 84.5 Å². The molecule has 2 aromatic heterocycles. The zero-order valence-electron chi connectivity index (χ0n) is 29.7. The Morgan fingerprint density at radius 1 is 0.745 bits per heavy atom. The summed E-state index contributed by atoms with van der Waals surface area (Å²) < 4.78 is 11.0. The van der Waals surface area contributed by atoms with Crippen LogP contribution in [0.5, 0.6) is 0 Å². The summed E-state index contributed by atoms with van der Waals surface area (Å²) in [6, 6.07) is 33.4. The number of methoxy groups -OCH3 is 1. The quantitative estimate of drug-likeness (QED) is 0.157. The highest BCUT2D eigenvalue weighted by molar-refractivity contribution is 5.75. The maximum absolute atomic E-state index is 6.56. The van der Waals surface area contributed by atoms with Crippen molar-refractivity contribution >= 4 is 0 Å². The molecule has 0 N–H and O–H groups in total. The minimum Gasteiger partial charge on any atom is -0.362 e. The molecule has 1 atom stereocenters. The molecule has 3 heteroatoms. The average molecular weight is 625 g/mol. The third-order valence-electron chi connectivity index (χ3n) is 11.0. The van der Waals surface area contributed by atoms with Gasteiger partial charge in [-0.25, -0.2) is 9.13 Å². The molecule has 0 radical (unpaired) electrons. The zero-order valence-corrected chi connectivity index (χ0v) is 29.7. The molecule has 6 rings (SSSR count). The van der Waals surface area contributed by atoms with Gasteiger partial charge in [-0.3, -0.25) is 0 Å². The van der Waals surface area contributed by atoms with Crippen LogP contribution in [0.15, 0.2) is 103 Å². The highest BCUT2D eigenvalue weighted by atomic mass is 16.5. The molecule has 2 heterocycles. The van der Waals surface area contributed by atoms with Crippen molar-refractivity contribution in [2.75, 3.05) is 7.11 Å². The lowest BCUT2D eigenvalue weighted by Crippen LogP contribution is -2.46. The summed E-state index contributed by atoms with van der Waals surface area (Å²) in [6.07, 6.45) is 10.3. The maximum Gasteiger partial charge on any atom is 0.218 e. The van der Waals surface area contributed by atoms with Crippen molar-refractivity contribution in [1.82, 2.24) is 0 Å². The van der Waals surface area contributed by atoms with E-state index in [9.17, 15) is 0 Å². The second-order valence-electron chi connectivity index (χ2n) is 14.7. The first-order chi connectivity index (χ1) is 22.5. The molecule has 0 bridgehead atoms. The van der Waals surface area contributed by atoms with Gasteiger partial charge >= 0.3 is 0 Å². The fraction of sp³-hybridized carbons (Fsp3) is 0.364. The Kier molecular flexibility index (Phi) is 9.23. The van der Waals surface area contributed by atoms with Gasteiger partial charge in [-0.05, 0) is 109 Å². The first-order valence-corrected chi connectivity index (χ1v) is 17.3. The standard InChI is InChI=1S/C44H52N2O/c1-31-27-35(34-22-24-43(4,5)25-23-34)20-21-38(31)40-28-41(46(7)30-32(40)2)39-18-14-15-36(33(39)3)29-44(47-8,37-16-10-9-11-17-37)42-19-12-13-26-45(42)6/h9-21,26-28,30,34H,22-25,29H2,1-8H3/q+2. The van der Waals surface area contributed by atoms with Gasteiger partial charge < -0.3 is 4.74 Å². The molecule has 0 amide bonds. The van der Waals surface area contributed by atoms with Crippen LogP contribution in [0.4, 0.5) is 0 Å². The fourth-order valence-electron chi connectivity index (χ4n) is 8.02. The second kappa shape index (κ2) is 13.2. The summed E-state index contributed by atoms with van der Waals surface area (Å²) in [7, 11) is 6.12. The number of aromatic nitrogens is 2. The van der Waals surface area contributed by atoms with Crippen molar-refractivity contribution in [2.24, 2.45) is 19.5 Å². The third-order valence-corrected chi connectivity index (χ3v) is 11.0. The first-order valence-electron chi connectivity index (χ1n) is 17.3. The summed E-state index contributed by atoms with van der Waals surface area (Å²) in [5.74, 6) is 0.680. The van der Waals surface area contributed by atoms with E-state index in [0.717, 1.165) is 11.3 Å². The molecule has 0 spiro atoms. The van der Waals surface area contributed by atoms with E-state index in [-0.39, 0.29) is 0 Å². The monoisotopic (exact) mass is 624 g/mol. The van der Waals surface area contributed by atoms with E-state index in [2.05, 4.69) is 161 Å². The van der Waals surface area contributed by atoms with Crippen molar-refractivity contribution in [3.05, 3.63) is 142 Å². The topological polar surface area (TPSA) is 17.0 Å². The summed E-state index contributed by atoms with van der Waals surface area (Å²) in [6.45, 7) is 11.6. The van der Waals surface area contributed by atoms with Gasteiger partial charge in [-0.15, -0.1) is 0 Å². The lowest BCUT2D eigenvalue weighted by Gasteiger charge is -2.34. The number of pyridine rings is 2. The number of nitrogens with zero attached hydrogens (tertiary/aromatic N) is 2. The van der Waals surface area contributed by atoms with E-state index in [1.165, 1.54) is 75.9 Å². The molecular formula is C44H52N2O+2. The molecular weight excluding hydrogens is 572 g/mol. The zero-order chi connectivity index (χ0) is 33.3. The smallest absolute Gasteiger partial charge is 0.218 e. The van der Waals surface area contributed by atoms with Crippen molar-refractivity contribution in [3.63, 3.8) is 0 Å². The van der Waals surface area contributed by atoms with Crippen molar-refractivity contribution in [3.8, 4) is 22.4 Å². The van der Waals surface area contributed by atoms with Crippen LogP contribution in [-0.2, 0) is 30.9 Å². The van der Waals surface area contributed by atoms with E-state index in [0.29, 0.717) is 17.8 Å². The molecule has 3 nitrogen and oxygen atoms in total. The fourth-order valence-corrected chi connectivity index (χ4v) is 8.02. The van der Waals surface area contributed by atoms with Gasteiger partial charge in [0.1, 0.15) is 14.1 Å². The Hall–Kier alpha value is -4.08. The lowest BCUT2D eigenvalue weighted by atomic mass is 9.71. The molecule has 0 saturated heterocycles. The summed E-state index contributed by atoms with van der Waals surface area (Å²) in [5.41, 5.74) is 13.9. The number of hydrogen-bond donors (Lipinski definition) is 0.